The molecule has 1 rings (SSSR count). The molecule has 2 heteroatoms. The van der Waals surface area contributed by atoms with Crippen molar-refractivity contribution >= 4 is 0 Å². The molecule has 0 N–H and O–H groups in total. The fraction of sp³-hybridized carbons (Fsp3) is 0.826. The van der Waals surface area contributed by atoms with Crippen LogP contribution in [-0.2, 0) is 17.9 Å². The molecule has 1 nitrogen and oxygen atoms in total. The van der Waals surface area contributed by atoms with Crippen molar-refractivity contribution in [3.63, 3.8) is 0 Å². The molecule has 0 heterocycles. The second-order valence-electron chi connectivity index (χ2n) is 8.86. The van der Waals surface area contributed by atoms with E-state index in [1.54, 1.807) is 5.57 Å². The van der Waals surface area contributed by atoms with Crippen LogP contribution in [0.25, 0.3) is 0 Å². The molecule has 0 aromatic rings. The number of nitrogens with zero attached hydrogens (tertiary/aromatic N) is 1. The monoisotopic (exact) mass is 382 g/mol. The Balaban J connectivity index is 3.63. The van der Waals surface area contributed by atoms with Gasteiger partial charge in [-0.15, -0.1) is 0 Å². The van der Waals surface area contributed by atoms with Gasteiger partial charge >= 0.3 is 165 Å². The van der Waals surface area contributed by atoms with Gasteiger partial charge in [0.1, 0.15) is 0 Å². The molecule has 0 saturated carbocycles. The quantitative estimate of drug-likeness (QED) is 0.362. The molecule has 0 radical (unpaired) electrons. The van der Waals surface area contributed by atoms with Crippen molar-refractivity contribution in [2.75, 3.05) is 20.6 Å². The molecule has 25 heavy (non-hydrogen) atoms. The number of allylic oxidation sites excluding steroid dienone is 4. The van der Waals surface area contributed by atoms with Crippen LogP contribution in [0, 0.1) is 17.8 Å². The van der Waals surface area contributed by atoms with Gasteiger partial charge in [-0.1, -0.05) is 0 Å². The van der Waals surface area contributed by atoms with Crippen LogP contribution in [0.3, 0.4) is 0 Å². The zero-order chi connectivity index (χ0) is 19.4. The Labute approximate surface area is 165 Å². The predicted molar refractivity (Wildman–Crippen MR) is 111 cm³/mol. The molecular formula is C23H44NTi. The minimum absolute atomic E-state index is 0.424. The van der Waals surface area contributed by atoms with Gasteiger partial charge in [0.15, 0.2) is 0 Å². The summed E-state index contributed by atoms with van der Waals surface area (Å²) >= 11 is -1.23. The Morgan fingerprint density at radius 1 is 0.920 bits per heavy atom. The Bertz CT molecular complexity index is 488. The fourth-order valence-electron chi connectivity index (χ4n) is 4.57. The molecule has 0 aliphatic heterocycles. The maximum absolute atomic E-state index is 2.69. The van der Waals surface area contributed by atoms with E-state index >= 15 is 0 Å². The van der Waals surface area contributed by atoms with Gasteiger partial charge in [0.25, 0.3) is 0 Å². The van der Waals surface area contributed by atoms with Crippen LogP contribution < -0.4 is 0 Å². The van der Waals surface area contributed by atoms with Crippen LogP contribution in [0.5, 0.6) is 0 Å². The molecule has 0 amide bonds. The van der Waals surface area contributed by atoms with Crippen LogP contribution >= 0.6 is 0 Å². The van der Waals surface area contributed by atoms with Crippen molar-refractivity contribution in [3.05, 3.63) is 22.8 Å². The number of rotatable bonds is 10. The van der Waals surface area contributed by atoms with Crippen molar-refractivity contribution in [1.82, 2.24) is 4.90 Å². The molecular weight excluding hydrogens is 338 g/mol. The molecule has 4 atom stereocenters. The van der Waals surface area contributed by atoms with Crippen LogP contribution in [0.1, 0.15) is 67.2 Å². The van der Waals surface area contributed by atoms with Gasteiger partial charge in [-0.3, -0.25) is 0 Å². The summed E-state index contributed by atoms with van der Waals surface area (Å²) in [5, 5.41) is 5.27. The molecule has 4 unspecified atom stereocenters. The zero-order valence-electron chi connectivity index (χ0n) is 18.8. The molecule has 1 aliphatic rings. The van der Waals surface area contributed by atoms with E-state index in [0.717, 1.165) is 0 Å². The molecule has 0 bridgehead atoms. The molecule has 0 aromatic carbocycles. The summed E-state index contributed by atoms with van der Waals surface area (Å²) in [7, 11) is 4.48. The van der Waals surface area contributed by atoms with Crippen molar-refractivity contribution in [2.24, 2.45) is 17.8 Å². The summed E-state index contributed by atoms with van der Waals surface area (Å²) in [6, 6.07) is 0. The van der Waals surface area contributed by atoms with E-state index in [0.29, 0.717) is 21.5 Å². The van der Waals surface area contributed by atoms with Gasteiger partial charge in [-0.25, -0.2) is 0 Å². The van der Waals surface area contributed by atoms with E-state index in [1.165, 1.54) is 32.2 Å². The van der Waals surface area contributed by atoms with E-state index in [9.17, 15) is 0 Å². The first-order valence-electron chi connectivity index (χ1n) is 10.6. The Morgan fingerprint density at radius 2 is 1.44 bits per heavy atom. The number of hydrogen-bond donors (Lipinski definition) is 0. The number of hydrogen-bond acceptors (Lipinski definition) is 1. The normalized spacial score (nSPS) is 24.5. The van der Waals surface area contributed by atoms with Crippen LogP contribution in [0.2, 0.25) is 14.2 Å². The van der Waals surface area contributed by atoms with Crippen molar-refractivity contribution in [3.8, 4) is 0 Å². The van der Waals surface area contributed by atoms with Crippen molar-refractivity contribution in [2.45, 2.75) is 81.4 Å². The second kappa shape index (κ2) is 9.91. The van der Waals surface area contributed by atoms with Crippen LogP contribution in [0.15, 0.2) is 22.8 Å². The van der Waals surface area contributed by atoms with Gasteiger partial charge in [-0.2, -0.15) is 0 Å². The third kappa shape index (κ3) is 4.71. The third-order valence-electron chi connectivity index (χ3n) is 6.75. The summed E-state index contributed by atoms with van der Waals surface area (Å²) in [6.45, 7) is 15.8. The zero-order valence-corrected chi connectivity index (χ0v) is 20.4. The molecule has 0 fully saturated rings. The first-order chi connectivity index (χ1) is 11.7. The standard InChI is InChI=1S/C21H38N.2CH3.Ti/c1-9-15(4)19-14-20(16(5)10-2)21(17(6)11-3)18(19)12-13-22(7)8;;;/h14-17H,9-13H2,1-8H3;2*1H3;. The van der Waals surface area contributed by atoms with E-state index < -0.39 is 17.9 Å². The summed E-state index contributed by atoms with van der Waals surface area (Å²) in [4.78, 5) is 2.40. The second-order valence-corrected chi connectivity index (χ2v) is 13.3. The van der Waals surface area contributed by atoms with Gasteiger partial charge in [0.05, 0.1) is 0 Å². The maximum atomic E-state index is 2.69. The fourth-order valence-corrected chi connectivity index (χ4v) is 8.37. The summed E-state index contributed by atoms with van der Waals surface area (Å²) < 4.78 is 0.424. The molecule has 0 aromatic heterocycles. The average molecular weight is 382 g/mol. The average Bonchev–Trinajstić information content (AvgIpc) is 2.94. The van der Waals surface area contributed by atoms with Crippen molar-refractivity contribution < 1.29 is 17.9 Å². The third-order valence-corrected chi connectivity index (χ3v) is 10.7. The summed E-state index contributed by atoms with van der Waals surface area (Å²) in [6.07, 6.45) is 7.82. The van der Waals surface area contributed by atoms with E-state index in [2.05, 4.69) is 77.1 Å². The van der Waals surface area contributed by atoms with Gasteiger partial charge in [-0.05, 0) is 0 Å². The summed E-state index contributed by atoms with van der Waals surface area (Å²) in [5.41, 5.74) is 5.39. The van der Waals surface area contributed by atoms with Gasteiger partial charge < -0.3 is 0 Å². The predicted octanol–water partition coefficient (Wildman–Crippen LogP) is 7.19. The van der Waals surface area contributed by atoms with Gasteiger partial charge in [0, 0.05) is 0 Å². The Morgan fingerprint density at radius 3 is 1.84 bits per heavy atom. The topological polar surface area (TPSA) is 3.24 Å². The minimum atomic E-state index is -1.23. The van der Waals surface area contributed by atoms with Crippen molar-refractivity contribution in [1.29, 1.82) is 0 Å². The molecule has 0 saturated heterocycles. The molecule has 145 valence electrons. The Hall–Kier alpha value is 0.154. The van der Waals surface area contributed by atoms with Gasteiger partial charge in [0.2, 0.25) is 0 Å². The Kier molecular flexibility index (Phi) is 9.19. The van der Waals surface area contributed by atoms with E-state index in [1.807, 2.05) is 11.1 Å². The van der Waals surface area contributed by atoms with Crippen LogP contribution in [0.4, 0.5) is 0 Å². The summed E-state index contributed by atoms with van der Waals surface area (Å²) in [5.74, 6) is 2.12. The first kappa shape index (κ1) is 23.2. The van der Waals surface area contributed by atoms with E-state index in [-0.39, 0.29) is 0 Å². The SMILES string of the molecule is CCC(C)C1=CC(C(C)CC)=C(C(C)CC)[C]1(CCN(C)C)[Ti]([CH3])[CH3]. The van der Waals surface area contributed by atoms with E-state index in [4.69, 9.17) is 0 Å². The molecule has 1 aliphatic carbocycles. The molecule has 0 spiro atoms. The van der Waals surface area contributed by atoms with Crippen LogP contribution in [-0.4, -0.2) is 25.5 Å². The first-order valence-corrected chi connectivity index (χ1v) is 14.5.